The molecule has 0 radical (unpaired) electrons. The first-order valence-corrected chi connectivity index (χ1v) is 9.24. The Morgan fingerprint density at radius 1 is 1.26 bits per heavy atom. The van der Waals surface area contributed by atoms with E-state index in [0.717, 1.165) is 12.5 Å². The highest BCUT2D eigenvalue weighted by Gasteiger charge is 2.35. The van der Waals surface area contributed by atoms with Crippen molar-refractivity contribution in [3.63, 3.8) is 0 Å². The number of hydrogen-bond donors (Lipinski definition) is 0. The van der Waals surface area contributed by atoms with E-state index in [0.29, 0.717) is 43.6 Å². The number of amides is 1. The molecule has 0 unspecified atom stereocenters. The number of nitrogens with zero attached hydrogens (tertiary/aromatic N) is 3. The van der Waals surface area contributed by atoms with Crippen LogP contribution in [0.25, 0.3) is 0 Å². The van der Waals surface area contributed by atoms with Crippen LogP contribution in [-0.4, -0.2) is 53.9 Å². The molecule has 1 aliphatic carbocycles. The van der Waals surface area contributed by atoms with E-state index in [-0.39, 0.29) is 24.2 Å². The summed E-state index contributed by atoms with van der Waals surface area (Å²) in [6.45, 7) is 2.42. The predicted octanol–water partition coefficient (Wildman–Crippen LogP) is 2.18. The number of ether oxygens (including phenoxy) is 2. The van der Waals surface area contributed by atoms with Gasteiger partial charge in [0, 0.05) is 26.1 Å². The van der Waals surface area contributed by atoms with E-state index in [1.54, 1.807) is 4.90 Å². The molecule has 7 nitrogen and oxygen atoms in total. The topological polar surface area (TPSA) is 77.7 Å². The maximum Gasteiger partial charge on any atom is 0.260 e. The van der Waals surface area contributed by atoms with Gasteiger partial charge < -0.3 is 18.9 Å². The molecule has 1 aromatic carbocycles. The number of carbonyl (C=O) groups excluding carboxylic acids is 1. The Hall–Kier alpha value is -2.48. The Kier molecular flexibility index (Phi) is 5.33. The van der Waals surface area contributed by atoms with Crippen molar-refractivity contribution >= 4 is 5.91 Å². The van der Waals surface area contributed by atoms with Gasteiger partial charge in [-0.15, -0.1) is 0 Å². The number of likely N-dealkylation sites (tertiary alicyclic amines) is 1. The molecule has 1 saturated carbocycles. The highest BCUT2D eigenvalue weighted by Crippen LogP contribution is 2.29. The normalized spacial score (nSPS) is 17.0. The molecule has 2 aromatic rings. The van der Waals surface area contributed by atoms with E-state index in [4.69, 9.17) is 14.0 Å². The molecule has 1 aliphatic heterocycles. The van der Waals surface area contributed by atoms with Gasteiger partial charge in [-0.2, -0.15) is 4.98 Å². The third-order valence-corrected chi connectivity index (χ3v) is 4.76. The van der Waals surface area contributed by atoms with Crippen LogP contribution in [0.1, 0.15) is 30.5 Å². The van der Waals surface area contributed by atoms with Gasteiger partial charge in [0.25, 0.3) is 5.91 Å². The van der Waals surface area contributed by atoms with Crippen LogP contribution in [0.3, 0.4) is 0 Å². The third-order valence-electron chi connectivity index (χ3n) is 4.76. The average molecular weight is 375 g/mol. The third kappa shape index (κ3) is 4.82. The van der Waals surface area contributed by atoms with Crippen LogP contribution in [0.15, 0.2) is 28.8 Å². The van der Waals surface area contributed by atoms with Crippen LogP contribution in [0.4, 0.5) is 4.39 Å². The summed E-state index contributed by atoms with van der Waals surface area (Å²) < 4.78 is 29.1. The molecule has 2 heterocycles. The molecule has 1 saturated heterocycles. The summed E-state index contributed by atoms with van der Waals surface area (Å²) in [6.07, 6.45) is 3.19. The van der Waals surface area contributed by atoms with E-state index < -0.39 is 0 Å². The van der Waals surface area contributed by atoms with Crippen molar-refractivity contribution in [3.8, 4) is 5.75 Å². The smallest absolute Gasteiger partial charge is 0.260 e. The minimum absolute atomic E-state index is 0.0633. The molecule has 0 bridgehead atoms. The summed E-state index contributed by atoms with van der Waals surface area (Å²) in [7, 11) is 0. The number of rotatable bonds is 9. The molecular weight excluding hydrogens is 353 g/mol. The number of aromatic nitrogens is 2. The lowest BCUT2D eigenvalue weighted by Crippen LogP contribution is -2.50. The summed E-state index contributed by atoms with van der Waals surface area (Å²) in [6, 6.07) is 5.58. The van der Waals surface area contributed by atoms with E-state index in [2.05, 4.69) is 10.1 Å². The second kappa shape index (κ2) is 8.04. The van der Waals surface area contributed by atoms with Gasteiger partial charge in [0.15, 0.2) is 12.4 Å². The lowest BCUT2D eigenvalue weighted by Gasteiger charge is -2.36. The van der Waals surface area contributed by atoms with Gasteiger partial charge in [-0.3, -0.25) is 4.79 Å². The van der Waals surface area contributed by atoms with E-state index in [9.17, 15) is 9.18 Å². The van der Waals surface area contributed by atoms with Crippen molar-refractivity contribution in [3.05, 3.63) is 41.8 Å². The molecule has 4 rings (SSSR count). The molecule has 0 spiro atoms. The van der Waals surface area contributed by atoms with Crippen LogP contribution < -0.4 is 4.74 Å². The first kappa shape index (κ1) is 17.9. The van der Waals surface area contributed by atoms with Crippen molar-refractivity contribution in [1.82, 2.24) is 15.0 Å². The van der Waals surface area contributed by atoms with Crippen LogP contribution in [0, 0.1) is 11.7 Å². The highest BCUT2D eigenvalue weighted by molar-refractivity contribution is 5.78. The lowest BCUT2D eigenvalue weighted by atomic mass is 10.0. The van der Waals surface area contributed by atoms with Crippen molar-refractivity contribution in [1.29, 1.82) is 0 Å². The maximum atomic E-state index is 12.8. The van der Waals surface area contributed by atoms with Crippen LogP contribution in [-0.2, 0) is 16.0 Å². The van der Waals surface area contributed by atoms with Crippen molar-refractivity contribution < 1.29 is 23.2 Å². The summed E-state index contributed by atoms with van der Waals surface area (Å²) in [4.78, 5) is 18.2. The Morgan fingerprint density at radius 2 is 2.04 bits per heavy atom. The second-order valence-electron chi connectivity index (χ2n) is 7.06. The first-order valence-electron chi connectivity index (χ1n) is 9.24. The number of hydrogen-bond acceptors (Lipinski definition) is 6. The van der Waals surface area contributed by atoms with Gasteiger partial charge in [-0.25, -0.2) is 4.39 Å². The van der Waals surface area contributed by atoms with Gasteiger partial charge in [0.2, 0.25) is 5.89 Å². The van der Waals surface area contributed by atoms with Crippen molar-refractivity contribution in [2.75, 3.05) is 32.9 Å². The number of benzene rings is 1. The Morgan fingerprint density at radius 3 is 2.78 bits per heavy atom. The molecule has 2 aliphatic rings. The molecule has 8 heteroatoms. The molecule has 2 fully saturated rings. The first-order chi connectivity index (χ1) is 13.2. The van der Waals surface area contributed by atoms with E-state index in [1.807, 2.05) is 0 Å². The van der Waals surface area contributed by atoms with Gasteiger partial charge in [-0.05, 0) is 43.0 Å². The molecule has 27 heavy (non-hydrogen) atoms. The Bertz CT molecular complexity index is 770. The maximum absolute atomic E-state index is 12.8. The van der Waals surface area contributed by atoms with Crippen molar-refractivity contribution in [2.45, 2.75) is 25.2 Å². The minimum Gasteiger partial charge on any atom is -0.484 e. The van der Waals surface area contributed by atoms with Crippen LogP contribution >= 0.6 is 0 Å². The Balaban J connectivity index is 1.16. The van der Waals surface area contributed by atoms with E-state index in [1.165, 1.54) is 37.1 Å². The van der Waals surface area contributed by atoms with Gasteiger partial charge in [0.1, 0.15) is 11.6 Å². The SMILES string of the molecule is O=C(COc1ccc(F)cc1)N1CC(c2nc(CCOCC3CC3)no2)C1. The second-order valence-corrected chi connectivity index (χ2v) is 7.06. The Labute approximate surface area is 156 Å². The van der Waals surface area contributed by atoms with Gasteiger partial charge >= 0.3 is 0 Å². The fourth-order valence-electron chi connectivity index (χ4n) is 2.84. The number of halogens is 1. The molecule has 144 valence electrons. The summed E-state index contributed by atoms with van der Waals surface area (Å²) in [5.74, 6) is 2.02. The fraction of sp³-hybridized carbons (Fsp3) is 0.526. The molecular formula is C19H22FN3O4. The van der Waals surface area contributed by atoms with Crippen LogP contribution in [0.2, 0.25) is 0 Å². The molecule has 0 atom stereocenters. The zero-order valence-corrected chi connectivity index (χ0v) is 15.0. The number of carbonyl (C=O) groups is 1. The quantitative estimate of drug-likeness (QED) is 0.625. The zero-order valence-electron chi connectivity index (χ0n) is 15.0. The standard InChI is InChI=1S/C19H22FN3O4/c20-15-3-5-16(6-4-15)26-12-18(24)23-9-14(10-23)19-21-17(22-27-19)7-8-25-11-13-1-2-13/h3-6,13-14H,1-2,7-12H2. The van der Waals surface area contributed by atoms with Gasteiger partial charge in [0.05, 0.1) is 12.5 Å². The average Bonchev–Trinajstić information content (AvgIpc) is 3.34. The lowest BCUT2D eigenvalue weighted by molar-refractivity contribution is -0.138. The van der Waals surface area contributed by atoms with Gasteiger partial charge in [-0.1, -0.05) is 5.16 Å². The van der Waals surface area contributed by atoms with E-state index >= 15 is 0 Å². The zero-order chi connectivity index (χ0) is 18.6. The highest BCUT2D eigenvalue weighted by atomic mass is 19.1. The minimum atomic E-state index is -0.340. The summed E-state index contributed by atoms with van der Waals surface area (Å²) >= 11 is 0. The predicted molar refractivity (Wildman–Crippen MR) is 92.8 cm³/mol. The summed E-state index contributed by atoms with van der Waals surface area (Å²) in [5, 5.41) is 3.98. The van der Waals surface area contributed by atoms with Crippen LogP contribution in [0.5, 0.6) is 5.75 Å². The molecule has 0 N–H and O–H groups in total. The summed E-state index contributed by atoms with van der Waals surface area (Å²) in [5.41, 5.74) is 0. The monoisotopic (exact) mass is 375 g/mol. The molecule has 1 amide bonds. The largest absolute Gasteiger partial charge is 0.484 e. The van der Waals surface area contributed by atoms with Crippen molar-refractivity contribution in [2.24, 2.45) is 5.92 Å². The molecule has 1 aromatic heterocycles. The fourth-order valence-corrected chi connectivity index (χ4v) is 2.84.